The molecule has 3 N–H and O–H groups in total. The van der Waals surface area contributed by atoms with Crippen molar-refractivity contribution < 1.29 is 14.2 Å². The quantitative estimate of drug-likeness (QED) is 0.114. The van der Waals surface area contributed by atoms with Gasteiger partial charge < -0.3 is 20.1 Å². The van der Waals surface area contributed by atoms with Crippen molar-refractivity contribution in [2.45, 2.75) is 5.54 Å². The minimum Gasteiger partial charge on any atom is -0.505 e. The van der Waals surface area contributed by atoms with Crippen LogP contribution in [0.5, 0.6) is 5.75 Å². The number of benzene rings is 4. The van der Waals surface area contributed by atoms with Gasteiger partial charge in [-0.3, -0.25) is 5.41 Å². The standard InChI is InChI=1S/C35H31FN4O2/c36-30-24-31(29(23-32(30)41)34(37)25-16-17-38-33(22-25)40-18-20-42-21-19-40)39-35(26-10-4-1-5-11-26,27-12-6-2-7-13-27)28-14-8-3-9-15-28/h1-17,22-24,37,39,41H,18-21H2. The van der Waals surface area contributed by atoms with Gasteiger partial charge in [0.25, 0.3) is 0 Å². The van der Waals surface area contributed by atoms with E-state index in [1.807, 2.05) is 97.1 Å². The van der Waals surface area contributed by atoms with E-state index >= 15 is 4.39 Å². The molecule has 0 amide bonds. The highest BCUT2D eigenvalue weighted by Gasteiger charge is 2.37. The van der Waals surface area contributed by atoms with Crippen LogP contribution < -0.4 is 10.2 Å². The van der Waals surface area contributed by atoms with E-state index < -0.39 is 17.1 Å². The highest BCUT2D eigenvalue weighted by Crippen LogP contribution is 2.42. The molecule has 1 aliphatic rings. The fraction of sp³-hybridized carbons (Fsp3) is 0.143. The van der Waals surface area contributed by atoms with Crippen molar-refractivity contribution in [3.63, 3.8) is 0 Å². The molecule has 0 radical (unpaired) electrons. The van der Waals surface area contributed by atoms with E-state index in [9.17, 15) is 10.5 Å². The molecule has 0 spiro atoms. The van der Waals surface area contributed by atoms with Gasteiger partial charge >= 0.3 is 0 Å². The fourth-order valence-electron chi connectivity index (χ4n) is 5.55. The Labute approximate surface area is 244 Å². The first-order chi connectivity index (χ1) is 20.6. The zero-order valence-corrected chi connectivity index (χ0v) is 23.0. The number of nitrogens with one attached hydrogen (secondary N) is 2. The van der Waals surface area contributed by atoms with Crippen LogP contribution >= 0.6 is 0 Å². The number of phenolic OH excluding ortho intramolecular Hbond substituents is 1. The van der Waals surface area contributed by atoms with Crippen molar-refractivity contribution >= 4 is 17.2 Å². The van der Waals surface area contributed by atoms with Crippen molar-refractivity contribution in [3.8, 4) is 5.75 Å². The Morgan fingerprint density at radius 3 is 1.90 bits per heavy atom. The van der Waals surface area contributed by atoms with Crippen LogP contribution in [0.15, 0.2) is 121 Å². The molecule has 0 bridgehead atoms. The summed E-state index contributed by atoms with van der Waals surface area (Å²) in [5, 5.41) is 23.4. The van der Waals surface area contributed by atoms with Crippen LogP contribution in [0.1, 0.15) is 27.8 Å². The lowest BCUT2D eigenvalue weighted by atomic mass is 9.76. The molecule has 7 heteroatoms. The molecule has 1 aliphatic heterocycles. The maximum Gasteiger partial charge on any atom is 0.166 e. The van der Waals surface area contributed by atoms with Crippen LogP contribution in [-0.2, 0) is 10.3 Å². The lowest BCUT2D eigenvalue weighted by Gasteiger charge is -2.38. The largest absolute Gasteiger partial charge is 0.505 e. The topological polar surface area (TPSA) is 81.5 Å². The molecular weight excluding hydrogens is 527 g/mol. The Kier molecular flexibility index (Phi) is 7.66. The summed E-state index contributed by atoms with van der Waals surface area (Å²) < 4.78 is 20.6. The summed E-state index contributed by atoms with van der Waals surface area (Å²) in [6, 6.07) is 36.1. The second-order valence-corrected chi connectivity index (χ2v) is 10.2. The van der Waals surface area contributed by atoms with Gasteiger partial charge in [-0.1, -0.05) is 91.0 Å². The normalized spacial score (nSPS) is 13.5. The third-order valence-electron chi connectivity index (χ3n) is 7.67. The minimum atomic E-state index is -0.945. The highest BCUT2D eigenvalue weighted by atomic mass is 19.1. The number of hydrogen-bond donors (Lipinski definition) is 3. The fourth-order valence-corrected chi connectivity index (χ4v) is 5.55. The smallest absolute Gasteiger partial charge is 0.166 e. The minimum absolute atomic E-state index is 0.132. The average molecular weight is 559 g/mol. The number of hydrogen-bond acceptors (Lipinski definition) is 6. The molecule has 1 fully saturated rings. The van der Waals surface area contributed by atoms with Gasteiger partial charge in [-0.2, -0.15) is 0 Å². The second kappa shape index (κ2) is 11.8. The number of nitrogens with zero attached hydrogens (tertiary/aromatic N) is 2. The molecular formula is C35H31FN4O2. The van der Waals surface area contributed by atoms with E-state index in [-0.39, 0.29) is 5.71 Å². The van der Waals surface area contributed by atoms with Crippen molar-refractivity contribution in [2.24, 2.45) is 0 Å². The third kappa shape index (κ3) is 5.22. The molecule has 0 aliphatic carbocycles. The summed E-state index contributed by atoms with van der Waals surface area (Å²) in [6.07, 6.45) is 1.67. The van der Waals surface area contributed by atoms with Crippen LogP contribution in [0.25, 0.3) is 0 Å². The van der Waals surface area contributed by atoms with Crippen LogP contribution in [-0.4, -0.2) is 42.1 Å². The Morgan fingerprint density at radius 2 is 1.36 bits per heavy atom. The number of anilines is 2. The summed E-state index contributed by atoms with van der Waals surface area (Å²) in [6.45, 7) is 2.65. The maximum absolute atomic E-state index is 15.1. The summed E-state index contributed by atoms with van der Waals surface area (Å²) in [7, 11) is 0. The number of aromatic nitrogens is 1. The first-order valence-electron chi connectivity index (χ1n) is 13.9. The Balaban J connectivity index is 1.52. The number of rotatable bonds is 8. The average Bonchev–Trinajstić information content (AvgIpc) is 3.06. The van der Waals surface area contributed by atoms with E-state index in [0.29, 0.717) is 43.1 Å². The lowest BCUT2D eigenvalue weighted by Crippen LogP contribution is -2.38. The number of halogens is 1. The van der Waals surface area contributed by atoms with Crippen molar-refractivity contribution in [3.05, 3.63) is 155 Å². The molecule has 4 aromatic carbocycles. The summed E-state index contributed by atoms with van der Waals surface area (Å²) in [4.78, 5) is 6.64. The lowest BCUT2D eigenvalue weighted by molar-refractivity contribution is 0.122. The first-order valence-corrected chi connectivity index (χ1v) is 13.9. The van der Waals surface area contributed by atoms with Crippen molar-refractivity contribution in [2.75, 3.05) is 36.5 Å². The van der Waals surface area contributed by atoms with Crippen molar-refractivity contribution in [1.82, 2.24) is 4.98 Å². The van der Waals surface area contributed by atoms with Crippen LogP contribution in [0.2, 0.25) is 0 Å². The molecule has 42 heavy (non-hydrogen) atoms. The molecule has 0 atom stereocenters. The predicted molar refractivity (Wildman–Crippen MR) is 164 cm³/mol. The molecule has 0 saturated carbocycles. The van der Waals surface area contributed by atoms with E-state index in [0.717, 1.165) is 22.5 Å². The molecule has 6 rings (SSSR count). The Hall–Kier alpha value is -5.01. The van der Waals surface area contributed by atoms with E-state index in [1.54, 1.807) is 12.3 Å². The third-order valence-corrected chi connectivity index (χ3v) is 7.67. The predicted octanol–water partition coefficient (Wildman–Crippen LogP) is 6.58. The van der Waals surface area contributed by atoms with E-state index in [1.165, 1.54) is 12.1 Å². The molecule has 6 nitrogen and oxygen atoms in total. The van der Waals surface area contributed by atoms with Gasteiger partial charge in [-0.25, -0.2) is 9.37 Å². The van der Waals surface area contributed by atoms with Gasteiger partial charge in [0.1, 0.15) is 11.4 Å². The highest BCUT2D eigenvalue weighted by molar-refractivity contribution is 6.14. The molecule has 1 aromatic heterocycles. The van der Waals surface area contributed by atoms with Gasteiger partial charge in [0.2, 0.25) is 0 Å². The Morgan fingerprint density at radius 1 is 0.810 bits per heavy atom. The maximum atomic E-state index is 15.1. The van der Waals surface area contributed by atoms with E-state index in [4.69, 9.17) is 4.74 Å². The van der Waals surface area contributed by atoms with Crippen LogP contribution in [0.3, 0.4) is 0 Å². The van der Waals surface area contributed by atoms with Gasteiger partial charge in [0.05, 0.1) is 18.9 Å². The summed E-state index contributed by atoms with van der Waals surface area (Å²) in [5.41, 5.74) is 3.33. The Bertz CT molecular complexity index is 1580. The summed E-state index contributed by atoms with van der Waals surface area (Å²) in [5.74, 6) is -0.554. The number of ether oxygens (including phenoxy) is 1. The monoisotopic (exact) mass is 558 g/mol. The second-order valence-electron chi connectivity index (χ2n) is 10.2. The first kappa shape index (κ1) is 27.2. The number of phenols is 1. The molecule has 210 valence electrons. The van der Waals surface area contributed by atoms with Gasteiger partial charge in [-0.15, -0.1) is 0 Å². The number of morpholine rings is 1. The van der Waals surface area contributed by atoms with Crippen LogP contribution in [0, 0.1) is 11.2 Å². The van der Waals surface area contributed by atoms with Crippen molar-refractivity contribution in [1.29, 1.82) is 5.41 Å². The van der Waals surface area contributed by atoms with E-state index in [2.05, 4.69) is 15.2 Å². The molecule has 5 aromatic rings. The molecule has 2 heterocycles. The van der Waals surface area contributed by atoms with Gasteiger partial charge in [0, 0.05) is 42.2 Å². The van der Waals surface area contributed by atoms with Crippen LogP contribution in [0.4, 0.5) is 15.9 Å². The zero-order chi connectivity index (χ0) is 28.9. The zero-order valence-electron chi connectivity index (χ0n) is 23.0. The van der Waals surface area contributed by atoms with Gasteiger partial charge in [0.15, 0.2) is 11.6 Å². The number of pyridine rings is 1. The summed E-state index contributed by atoms with van der Waals surface area (Å²) >= 11 is 0. The van der Waals surface area contributed by atoms with Gasteiger partial charge in [-0.05, 0) is 34.9 Å². The SMILES string of the molecule is N=C(c1ccnc(N2CCOCC2)c1)c1cc(O)c(F)cc1NC(c1ccccc1)(c1ccccc1)c1ccccc1. The molecule has 0 unspecified atom stereocenters. The molecule has 1 saturated heterocycles. The number of aromatic hydroxyl groups is 1.